The van der Waals surface area contributed by atoms with Crippen LogP contribution in [0.3, 0.4) is 0 Å². The quantitative estimate of drug-likeness (QED) is 0.176. The summed E-state index contributed by atoms with van der Waals surface area (Å²) in [6.45, 7) is 0. The van der Waals surface area contributed by atoms with Crippen LogP contribution in [0.25, 0.3) is 116 Å². The number of aromatic nitrogens is 4. The van der Waals surface area contributed by atoms with Gasteiger partial charge in [-0.15, -0.1) is 0 Å². The fourth-order valence-corrected chi connectivity index (χ4v) is 8.80. The lowest BCUT2D eigenvalue weighted by Gasteiger charge is -2.13. The van der Waals surface area contributed by atoms with Crippen LogP contribution in [-0.2, 0) is 0 Å². The van der Waals surface area contributed by atoms with Gasteiger partial charge >= 0.3 is 0 Å². The lowest BCUT2D eigenvalue weighted by Crippen LogP contribution is -2.00. The molecule has 12 aromatic rings. The molecule has 0 aliphatic heterocycles. The molecule has 0 bridgehead atoms. The summed E-state index contributed by atoms with van der Waals surface area (Å²) < 4.78 is 9.48. The Bertz CT molecular complexity index is 3400. The Morgan fingerprint density at radius 3 is 1.47 bits per heavy atom. The average molecular weight is 741 g/mol. The minimum Gasteiger partial charge on any atom is -0.454 e. The first-order valence-corrected chi connectivity index (χ1v) is 19.5. The highest BCUT2D eigenvalue weighted by Gasteiger charge is 2.24. The summed E-state index contributed by atoms with van der Waals surface area (Å²) in [6.07, 6.45) is 0. The third-order valence-electron chi connectivity index (χ3n) is 11.4. The van der Waals surface area contributed by atoms with E-state index >= 15 is 0 Å². The first kappa shape index (κ1) is 32.4. The molecule has 0 radical (unpaired) electrons. The Hall–Kier alpha value is -7.89. The number of hydrogen-bond acceptors (Lipinski definition) is 4. The molecule has 0 aliphatic carbocycles. The standard InChI is InChI=1S/C53H32N4O/c1-4-15-33(16-5-1)38-31-42-47-41(53-55-51(36-19-6-2-7-20-36)54-52(56-53)37-21-8-3-9-22-37)25-14-26-46(47)58-50(42)45(32-38)57-43-29-27-34-17-10-12-23-39(34)48(43)49-40-24-13-11-18-35(40)28-30-44(49)57/h1-32H. The molecule has 9 aromatic carbocycles. The molecule has 0 atom stereocenters. The Morgan fingerprint density at radius 2 is 0.879 bits per heavy atom. The highest BCUT2D eigenvalue weighted by Crippen LogP contribution is 2.45. The summed E-state index contributed by atoms with van der Waals surface area (Å²) in [5, 5.41) is 9.26. The molecule has 0 N–H and O–H groups in total. The van der Waals surface area contributed by atoms with Crippen LogP contribution in [0.1, 0.15) is 0 Å². The van der Waals surface area contributed by atoms with Crippen molar-refractivity contribution in [1.82, 2.24) is 19.5 Å². The van der Waals surface area contributed by atoms with Gasteiger partial charge in [-0.05, 0) is 63.0 Å². The fraction of sp³-hybridized carbons (Fsp3) is 0. The molecular formula is C53H32N4O. The number of benzene rings is 9. The zero-order valence-corrected chi connectivity index (χ0v) is 31.2. The predicted molar refractivity (Wildman–Crippen MR) is 238 cm³/mol. The van der Waals surface area contributed by atoms with Gasteiger partial charge in [0.2, 0.25) is 0 Å². The summed E-state index contributed by atoms with van der Waals surface area (Å²) in [5.74, 6) is 1.82. The van der Waals surface area contributed by atoms with Crippen LogP contribution in [0.15, 0.2) is 199 Å². The number of rotatable bonds is 5. The lowest BCUT2D eigenvalue weighted by molar-refractivity contribution is 0.666. The maximum absolute atomic E-state index is 7.07. The van der Waals surface area contributed by atoms with Crippen molar-refractivity contribution in [3.05, 3.63) is 194 Å². The van der Waals surface area contributed by atoms with Crippen molar-refractivity contribution < 1.29 is 4.42 Å². The zero-order chi connectivity index (χ0) is 38.2. The van der Waals surface area contributed by atoms with E-state index in [2.05, 4.69) is 132 Å². The smallest absolute Gasteiger partial charge is 0.164 e. The van der Waals surface area contributed by atoms with E-state index in [0.29, 0.717) is 17.5 Å². The average Bonchev–Trinajstić information content (AvgIpc) is 3.86. The summed E-state index contributed by atoms with van der Waals surface area (Å²) in [6, 6.07) is 67.9. The third kappa shape index (κ3) is 5.00. The van der Waals surface area contributed by atoms with E-state index in [1.54, 1.807) is 0 Å². The normalized spacial score (nSPS) is 11.8. The summed E-state index contributed by atoms with van der Waals surface area (Å²) in [4.78, 5) is 15.3. The van der Waals surface area contributed by atoms with E-state index in [1.165, 1.54) is 32.3 Å². The topological polar surface area (TPSA) is 56.7 Å². The van der Waals surface area contributed by atoms with Gasteiger partial charge in [0.15, 0.2) is 23.1 Å². The SMILES string of the molecule is c1ccc(-c2cc(-n3c4ccc5ccccc5c4c4c5ccccc5ccc43)c3oc4cccc(-c5nc(-c6ccccc6)nc(-c6ccccc6)n5)c4c3c2)cc1. The van der Waals surface area contributed by atoms with Crippen molar-refractivity contribution in [3.63, 3.8) is 0 Å². The Labute approximate surface area is 333 Å². The zero-order valence-electron chi connectivity index (χ0n) is 31.2. The lowest BCUT2D eigenvalue weighted by atomic mass is 9.99. The van der Waals surface area contributed by atoms with Crippen molar-refractivity contribution in [2.75, 3.05) is 0 Å². The minimum atomic E-state index is 0.586. The van der Waals surface area contributed by atoms with Crippen LogP contribution in [0.2, 0.25) is 0 Å². The molecule has 0 aliphatic rings. The highest BCUT2D eigenvalue weighted by atomic mass is 16.3. The van der Waals surface area contributed by atoms with Crippen molar-refractivity contribution in [1.29, 1.82) is 0 Å². The molecular weight excluding hydrogens is 709 g/mol. The molecule has 3 heterocycles. The molecule has 270 valence electrons. The summed E-state index contributed by atoms with van der Waals surface area (Å²) >= 11 is 0. The minimum absolute atomic E-state index is 0.586. The van der Waals surface area contributed by atoms with Crippen LogP contribution >= 0.6 is 0 Å². The van der Waals surface area contributed by atoms with Gasteiger partial charge in [-0.25, -0.2) is 15.0 Å². The molecule has 0 unspecified atom stereocenters. The fourth-order valence-electron chi connectivity index (χ4n) is 8.80. The van der Waals surface area contributed by atoms with Crippen molar-refractivity contribution in [2.45, 2.75) is 0 Å². The number of fused-ring (bicyclic) bond motifs is 10. The summed E-state index contributed by atoms with van der Waals surface area (Å²) in [5.41, 5.74) is 9.69. The Kier molecular flexibility index (Phi) is 7.16. The highest BCUT2D eigenvalue weighted by molar-refractivity contribution is 6.29. The van der Waals surface area contributed by atoms with Crippen LogP contribution in [0, 0.1) is 0 Å². The van der Waals surface area contributed by atoms with Gasteiger partial charge in [0.1, 0.15) is 5.58 Å². The number of hydrogen-bond donors (Lipinski definition) is 0. The molecule has 0 saturated carbocycles. The van der Waals surface area contributed by atoms with Crippen LogP contribution in [0.4, 0.5) is 0 Å². The van der Waals surface area contributed by atoms with Crippen molar-refractivity contribution in [2.24, 2.45) is 0 Å². The first-order chi connectivity index (χ1) is 28.8. The molecule has 58 heavy (non-hydrogen) atoms. The van der Waals surface area contributed by atoms with E-state index in [0.717, 1.165) is 66.5 Å². The van der Waals surface area contributed by atoms with E-state index in [9.17, 15) is 0 Å². The van der Waals surface area contributed by atoms with Gasteiger partial charge in [0.25, 0.3) is 0 Å². The second kappa shape index (κ2) is 12.8. The molecule has 12 rings (SSSR count). The molecule has 0 amide bonds. The van der Waals surface area contributed by atoms with Crippen LogP contribution in [0.5, 0.6) is 0 Å². The molecule has 5 nitrogen and oxygen atoms in total. The van der Waals surface area contributed by atoms with E-state index in [4.69, 9.17) is 19.4 Å². The van der Waals surface area contributed by atoms with E-state index < -0.39 is 0 Å². The number of furan rings is 1. The van der Waals surface area contributed by atoms with Crippen LogP contribution in [-0.4, -0.2) is 19.5 Å². The van der Waals surface area contributed by atoms with Crippen molar-refractivity contribution >= 4 is 65.3 Å². The van der Waals surface area contributed by atoms with Gasteiger partial charge in [0.05, 0.1) is 16.7 Å². The largest absolute Gasteiger partial charge is 0.454 e. The predicted octanol–water partition coefficient (Wildman–Crippen LogP) is 13.8. The van der Waals surface area contributed by atoms with E-state index in [1.807, 2.05) is 66.7 Å². The maximum Gasteiger partial charge on any atom is 0.164 e. The monoisotopic (exact) mass is 740 g/mol. The first-order valence-electron chi connectivity index (χ1n) is 19.5. The van der Waals surface area contributed by atoms with Gasteiger partial charge in [-0.3, -0.25) is 0 Å². The second-order valence-corrected chi connectivity index (χ2v) is 14.8. The molecule has 5 heteroatoms. The Morgan fingerprint density at radius 1 is 0.362 bits per heavy atom. The van der Waals surface area contributed by atoms with E-state index in [-0.39, 0.29) is 0 Å². The summed E-state index contributed by atoms with van der Waals surface area (Å²) in [7, 11) is 0. The maximum atomic E-state index is 7.07. The second-order valence-electron chi connectivity index (χ2n) is 14.8. The van der Waals surface area contributed by atoms with Gasteiger partial charge in [-0.1, -0.05) is 164 Å². The Balaban J connectivity index is 1.21. The van der Waals surface area contributed by atoms with Gasteiger partial charge in [-0.2, -0.15) is 0 Å². The van der Waals surface area contributed by atoms with Gasteiger partial charge in [0, 0.05) is 38.2 Å². The molecule has 3 aromatic heterocycles. The number of nitrogens with zero attached hydrogens (tertiary/aromatic N) is 4. The van der Waals surface area contributed by atoms with Gasteiger partial charge < -0.3 is 8.98 Å². The van der Waals surface area contributed by atoms with Crippen molar-refractivity contribution in [3.8, 4) is 51.0 Å². The van der Waals surface area contributed by atoms with Crippen LogP contribution < -0.4 is 0 Å². The third-order valence-corrected chi connectivity index (χ3v) is 11.4. The molecule has 0 fully saturated rings. The molecule has 0 saturated heterocycles. The molecule has 0 spiro atoms.